The lowest BCUT2D eigenvalue weighted by Gasteiger charge is -2.07. The van der Waals surface area contributed by atoms with Gasteiger partial charge < -0.3 is 10.4 Å². The van der Waals surface area contributed by atoms with Crippen molar-refractivity contribution in [3.63, 3.8) is 0 Å². The zero-order chi connectivity index (χ0) is 13.0. The van der Waals surface area contributed by atoms with Crippen molar-refractivity contribution in [2.24, 2.45) is 0 Å². The molecule has 5 nitrogen and oxygen atoms in total. The maximum atomic E-state index is 11.2. The minimum absolute atomic E-state index is 0.107. The molecule has 0 atom stereocenters. The standard InChI is InChI=1S/C12H12ClN3O2/c13-11-10(7-15-16-12(11)18)14-6-5-8-1-3-9(17)4-2-8/h1-4,7,17H,5-6H2,(H2,14,16,18). The van der Waals surface area contributed by atoms with Gasteiger partial charge in [0.2, 0.25) is 0 Å². The molecule has 2 rings (SSSR count). The second-order valence-corrected chi connectivity index (χ2v) is 4.15. The molecule has 3 N–H and O–H groups in total. The summed E-state index contributed by atoms with van der Waals surface area (Å²) in [6, 6.07) is 6.96. The summed E-state index contributed by atoms with van der Waals surface area (Å²) in [7, 11) is 0. The van der Waals surface area contributed by atoms with E-state index in [9.17, 15) is 4.79 Å². The molecule has 0 aliphatic carbocycles. The van der Waals surface area contributed by atoms with E-state index in [0.717, 1.165) is 12.0 Å². The lowest BCUT2D eigenvalue weighted by Crippen LogP contribution is -2.13. The van der Waals surface area contributed by atoms with Crippen molar-refractivity contribution >= 4 is 17.3 Å². The van der Waals surface area contributed by atoms with Crippen LogP contribution < -0.4 is 10.9 Å². The quantitative estimate of drug-likeness (QED) is 0.787. The van der Waals surface area contributed by atoms with Crippen LogP contribution in [0.2, 0.25) is 5.02 Å². The van der Waals surface area contributed by atoms with Crippen LogP contribution in [-0.4, -0.2) is 21.8 Å². The van der Waals surface area contributed by atoms with Gasteiger partial charge in [0.05, 0.1) is 11.9 Å². The van der Waals surface area contributed by atoms with Crippen LogP contribution in [0.3, 0.4) is 0 Å². The van der Waals surface area contributed by atoms with Gasteiger partial charge >= 0.3 is 0 Å². The van der Waals surface area contributed by atoms with Crippen LogP contribution >= 0.6 is 11.6 Å². The second-order valence-electron chi connectivity index (χ2n) is 3.77. The molecule has 1 heterocycles. The number of aromatic hydroxyl groups is 1. The maximum Gasteiger partial charge on any atom is 0.285 e. The molecule has 0 saturated carbocycles. The number of phenols is 1. The van der Waals surface area contributed by atoms with E-state index in [-0.39, 0.29) is 10.8 Å². The summed E-state index contributed by atoms with van der Waals surface area (Å²) >= 11 is 5.82. The van der Waals surface area contributed by atoms with E-state index >= 15 is 0 Å². The SMILES string of the molecule is O=c1[nH]ncc(NCCc2ccc(O)cc2)c1Cl. The number of aromatic nitrogens is 2. The molecule has 0 radical (unpaired) electrons. The van der Waals surface area contributed by atoms with Gasteiger partial charge in [0.1, 0.15) is 10.8 Å². The second kappa shape index (κ2) is 5.55. The first-order valence-corrected chi connectivity index (χ1v) is 5.79. The predicted molar refractivity (Wildman–Crippen MR) is 70.2 cm³/mol. The summed E-state index contributed by atoms with van der Waals surface area (Å²) in [4.78, 5) is 11.2. The fourth-order valence-electron chi connectivity index (χ4n) is 1.51. The Kier molecular flexibility index (Phi) is 3.84. The van der Waals surface area contributed by atoms with Crippen molar-refractivity contribution in [1.82, 2.24) is 10.2 Å². The van der Waals surface area contributed by atoms with Crippen LogP contribution in [0.5, 0.6) is 5.75 Å². The zero-order valence-corrected chi connectivity index (χ0v) is 10.2. The lowest BCUT2D eigenvalue weighted by molar-refractivity contribution is 0.475. The van der Waals surface area contributed by atoms with E-state index < -0.39 is 5.56 Å². The molecule has 0 aliphatic heterocycles. The molecule has 0 fully saturated rings. The number of benzene rings is 1. The number of hydrogen-bond acceptors (Lipinski definition) is 4. The third-order valence-electron chi connectivity index (χ3n) is 2.46. The van der Waals surface area contributed by atoms with Crippen molar-refractivity contribution < 1.29 is 5.11 Å². The average molecular weight is 266 g/mol. The number of aromatic amines is 1. The topological polar surface area (TPSA) is 78.0 Å². The van der Waals surface area contributed by atoms with E-state index in [0.29, 0.717) is 12.2 Å². The van der Waals surface area contributed by atoms with Gasteiger partial charge in [0, 0.05) is 6.54 Å². The largest absolute Gasteiger partial charge is 0.508 e. The summed E-state index contributed by atoms with van der Waals surface area (Å²) in [6.45, 7) is 0.621. The fourth-order valence-corrected chi connectivity index (χ4v) is 1.67. The highest BCUT2D eigenvalue weighted by atomic mass is 35.5. The Morgan fingerprint density at radius 1 is 1.33 bits per heavy atom. The summed E-state index contributed by atoms with van der Waals surface area (Å²) in [6.07, 6.45) is 2.23. The monoisotopic (exact) mass is 265 g/mol. The van der Waals surface area contributed by atoms with E-state index in [2.05, 4.69) is 15.5 Å². The molecule has 0 unspecified atom stereocenters. The first-order chi connectivity index (χ1) is 8.66. The zero-order valence-electron chi connectivity index (χ0n) is 9.48. The number of anilines is 1. The maximum absolute atomic E-state index is 11.2. The Morgan fingerprint density at radius 2 is 2.06 bits per heavy atom. The van der Waals surface area contributed by atoms with Crippen molar-refractivity contribution in [2.75, 3.05) is 11.9 Å². The van der Waals surface area contributed by atoms with E-state index in [1.54, 1.807) is 12.1 Å². The van der Waals surface area contributed by atoms with Gasteiger partial charge in [-0.3, -0.25) is 4.79 Å². The van der Waals surface area contributed by atoms with Crippen LogP contribution in [0.25, 0.3) is 0 Å². The Hall–Kier alpha value is -2.01. The molecule has 0 spiro atoms. The minimum atomic E-state index is -0.411. The highest BCUT2D eigenvalue weighted by molar-refractivity contribution is 6.32. The van der Waals surface area contributed by atoms with Gasteiger partial charge in [-0.2, -0.15) is 5.10 Å². The first kappa shape index (κ1) is 12.4. The number of nitrogens with one attached hydrogen (secondary N) is 2. The molecule has 6 heteroatoms. The number of nitrogens with zero attached hydrogens (tertiary/aromatic N) is 1. The van der Waals surface area contributed by atoms with Gasteiger partial charge in [0.15, 0.2) is 0 Å². The smallest absolute Gasteiger partial charge is 0.285 e. The number of hydrogen-bond donors (Lipinski definition) is 3. The number of phenolic OH excluding ortho intramolecular Hbond substituents is 1. The predicted octanol–water partition coefficient (Wildman–Crippen LogP) is 1.78. The van der Waals surface area contributed by atoms with E-state index in [1.165, 1.54) is 6.20 Å². The third kappa shape index (κ3) is 3.01. The Balaban J connectivity index is 1.94. The summed E-state index contributed by atoms with van der Waals surface area (Å²) in [5.74, 6) is 0.244. The van der Waals surface area contributed by atoms with Crippen molar-refractivity contribution in [3.8, 4) is 5.75 Å². The third-order valence-corrected chi connectivity index (χ3v) is 2.84. The van der Waals surface area contributed by atoms with Gasteiger partial charge in [0.25, 0.3) is 5.56 Å². The number of H-pyrrole nitrogens is 1. The molecule has 1 aromatic heterocycles. The van der Waals surface area contributed by atoms with Gasteiger partial charge in [-0.15, -0.1) is 0 Å². The molecule has 1 aromatic carbocycles. The molecular weight excluding hydrogens is 254 g/mol. The molecule has 0 saturated heterocycles. The van der Waals surface area contributed by atoms with Crippen molar-refractivity contribution in [3.05, 3.63) is 51.4 Å². The van der Waals surface area contributed by atoms with Gasteiger partial charge in [-0.05, 0) is 24.1 Å². The summed E-state index contributed by atoms with van der Waals surface area (Å²) in [5, 5.41) is 18.2. The van der Waals surface area contributed by atoms with Crippen molar-refractivity contribution in [1.29, 1.82) is 0 Å². The summed E-state index contributed by atoms with van der Waals surface area (Å²) in [5.41, 5.74) is 1.18. The van der Waals surface area contributed by atoms with E-state index in [4.69, 9.17) is 16.7 Å². The lowest BCUT2D eigenvalue weighted by atomic mass is 10.1. The summed E-state index contributed by atoms with van der Waals surface area (Å²) < 4.78 is 0. The van der Waals surface area contributed by atoms with Crippen molar-refractivity contribution in [2.45, 2.75) is 6.42 Å². The Morgan fingerprint density at radius 3 is 2.78 bits per heavy atom. The van der Waals surface area contributed by atoms with Crippen LogP contribution in [0.4, 0.5) is 5.69 Å². The molecule has 0 bridgehead atoms. The van der Waals surface area contributed by atoms with Gasteiger partial charge in [-0.25, -0.2) is 5.10 Å². The molecule has 0 aliphatic rings. The molecule has 94 valence electrons. The highest BCUT2D eigenvalue weighted by Gasteiger charge is 2.03. The Bertz CT molecular complexity index is 581. The fraction of sp³-hybridized carbons (Fsp3) is 0.167. The van der Waals surface area contributed by atoms with Crippen LogP contribution in [0.1, 0.15) is 5.56 Å². The van der Waals surface area contributed by atoms with Gasteiger partial charge in [-0.1, -0.05) is 23.7 Å². The van der Waals surface area contributed by atoms with Crippen LogP contribution in [0, 0.1) is 0 Å². The highest BCUT2D eigenvalue weighted by Crippen LogP contribution is 2.15. The van der Waals surface area contributed by atoms with Crippen LogP contribution in [0.15, 0.2) is 35.3 Å². The number of rotatable bonds is 4. The first-order valence-electron chi connectivity index (χ1n) is 5.42. The molecular formula is C12H12ClN3O2. The normalized spacial score (nSPS) is 10.3. The molecule has 18 heavy (non-hydrogen) atoms. The minimum Gasteiger partial charge on any atom is -0.508 e. The van der Waals surface area contributed by atoms with E-state index in [1.807, 2.05) is 12.1 Å². The van der Waals surface area contributed by atoms with Crippen LogP contribution in [-0.2, 0) is 6.42 Å². The average Bonchev–Trinajstić information content (AvgIpc) is 2.37. The Labute approximate surface area is 108 Å². The molecule has 0 amide bonds. The number of halogens is 1. The molecule has 2 aromatic rings.